The standard InChI is InChI=1S/C13H17ClO3/c1-4-17-12-7-9(2)11(14)8-10(12)5-6-13(15)16-3/h7-8H,4-6H2,1-3H3. The van der Waals surface area contributed by atoms with Crippen LogP contribution in [-0.4, -0.2) is 19.7 Å². The van der Waals surface area contributed by atoms with Gasteiger partial charge in [0.2, 0.25) is 0 Å². The minimum absolute atomic E-state index is 0.232. The normalized spacial score (nSPS) is 10.1. The van der Waals surface area contributed by atoms with Gasteiger partial charge in [0.1, 0.15) is 5.75 Å². The SMILES string of the molecule is CCOc1cc(C)c(Cl)cc1CCC(=O)OC. The van der Waals surface area contributed by atoms with Crippen molar-refractivity contribution >= 4 is 17.6 Å². The molecule has 3 nitrogen and oxygen atoms in total. The molecule has 0 fully saturated rings. The largest absolute Gasteiger partial charge is 0.494 e. The predicted molar refractivity (Wildman–Crippen MR) is 67.7 cm³/mol. The van der Waals surface area contributed by atoms with E-state index in [0.717, 1.165) is 16.9 Å². The molecule has 0 saturated carbocycles. The van der Waals surface area contributed by atoms with Crippen LogP contribution in [0, 0.1) is 6.92 Å². The van der Waals surface area contributed by atoms with Gasteiger partial charge in [0.05, 0.1) is 13.7 Å². The van der Waals surface area contributed by atoms with Gasteiger partial charge >= 0.3 is 5.97 Å². The molecule has 0 spiro atoms. The average Bonchev–Trinajstić information content (AvgIpc) is 2.31. The van der Waals surface area contributed by atoms with E-state index in [2.05, 4.69) is 4.74 Å². The molecule has 0 N–H and O–H groups in total. The highest BCUT2D eigenvalue weighted by Gasteiger charge is 2.09. The fourth-order valence-electron chi connectivity index (χ4n) is 1.52. The summed E-state index contributed by atoms with van der Waals surface area (Å²) in [4.78, 5) is 11.1. The van der Waals surface area contributed by atoms with Gasteiger partial charge in [-0.15, -0.1) is 0 Å². The summed E-state index contributed by atoms with van der Waals surface area (Å²) in [6.45, 7) is 4.44. The van der Waals surface area contributed by atoms with E-state index < -0.39 is 0 Å². The molecule has 0 heterocycles. The third kappa shape index (κ3) is 3.93. The molecule has 1 rings (SSSR count). The summed E-state index contributed by atoms with van der Waals surface area (Å²) in [7, 11) is 1.38. The molecular weight excluding hydrogens is 240 g/mol. The summed E-state index contributed by atoms with van der Waals surface area (Å²) in [5, 5.41) is 0.688. The quantitative estimate of drug-likeness (QED) is 0.759. The molecule has 0 saturated heterocycles. The van der Waals surface area contributed by atoms with Gasteiger partial charge in [-0.25, -0.2) is 0 Å². The summed E-state index contributed by atoms with van der Waals surface area (Å²) < 4.78 is 10.1. The van der Waals surface area contributed by atoms with Crippen molar-refractivity contribution in [3.63, 3.8) is 0 Å². The molecule has 0 unspecified atom stereocenters. The fraction of sp³-hybridized carbons (Fsp3) is 0.462. The highest BCUT2D eigenvalue weighted by molar-refractivity contribution is 6.31. The van der Waals surface area contributed by atoms with E-state index >= 15 is 0 Å². The number of carbonyl (C=O) groups is 1. The zero-order valence-corrected chi connectivity index (χ0v) is 11.1. The Labute approximate surface area is 107 Å². The van der Waals surface area contributed by atoms with Crippen molar-refractivity contribution < 1.29 is 14.3 Å². The number of ether oxygens (including phenoxy) is 2. The summed E-state index contributed by atoms with van der Waals surface area (Å²) in [5.41, 5.74) is 1.91. The lowest BCUT2D eigenvalue weighted by Gasteiger charge is -2.12. The number of benzene rings is 1. The number of hydrogen-bond donors (Lipinski definition) is 0. The summed E-state index contributed by atoms with van der Waals surface area (Å²) in [5.74, 6) is 0.558. The zero-order valence-electron chi connectivity index (χ0n) is 10.4. The van der Waals surface area contributed by atoms with Crippen molar-refractivity contribution in [3.8, 4) is 5.75 Å². The van der Waals surface area contributed by atoms with E-state index in [0.29, 0.717) is 24.5 Å². The predicted octanol–water partition coefficient (Wildman–Crippen LogP) is 3.15. The van der Waals surface area contributed by atoms with Gasteiger partial charge < -0.3 is 9.47 Å². The number of halogens is 1. The number of esters is 1. The van der Waals surface area contributed by atoms with Gasteiger partial charge in [0.15, 0.2) is 0 Å². The Balaban J connectivity index is 2.87. The number of hydrogen-bond acceptors (Lipinski definition) is 3. The average molecular weight is 257 g/mol. The molecule has 0 aliphatic carbocycles. The van der Waals surface area contributed by atoms with Crippen LogP contribution in [0.4, 0.5) is 0 Å². The van der Waals surface area contributed by atoms with E-state index in [4.69, 9.17) is 16.3 Å². The van der Waals surface area contributed by atoms with Crippen LogP contribution in [-0.2, 0) is 16.0 Å². The Morgan fingerprint density at radius 1 is 1.41 bits per heavy atom. The molecular formula is C13H17ClO3. The molecule has 0 atom stereocenters. The number of carbonyl (C=O) groups excluding carboxylic acids is 1. The second-order valence-electron chi connectivity index (χ2n) is 3.72. The first-order valence-electron chi connectivity index (χ1n) is 5.57. The topological polar surface area (TPSA) is 35.5 Å². The third-order valence-electron chi connectivity index (χ3n) is 2.47. The molecule has 0 aromatic heterocycles. The molecule has 94 valence electrons. The maximum absolute atomic E-state index is 11.1. The molecule has 0 radical (unpaired) electrons. The lowest BCUT2D eigenvalue weighted by Crippen LogP contribution is -2.04. The highest BCUT2D eigenvalue weighted by Crippen LogP contribution is 2.27. The van der Waals surface area contributed by atoms with E-state index in [9.17, 15) is 4.79 Å². The molecule has 1 aromatic rings. The Morgan fingerprint density at radius 2 is 2.12 bits per heavy atom. The second kappa shape index (κ2) is 6.50. The molecule has 0 aliphatic rings. The number of aryl methyl sites for hydroxylation is 2. The van der Waals surface area contributed by atoms with Crippen LogP contribution in [0.2, 0.25) is 5.02 Å². The van der Waals surface area contributed by atoms with Crippen molar-refractivity contribution in [3.05, 3.63) is 28.3 Å². The van der Waals surface area contributed by atoms with Crippen LogP contribution in [0.25, 0.3) is 0 Å². The number of rotatable bonds is 5. The monoisotopic (exact) mass is 256 g/mol. The Hall–Kier alpha value is -1.22. The lowest BCUT2D eigenvalue weighted by atomic mass is 10.1. The van der Waals surface area contributed by atoms with Crippen LogP contribution in [0.15, 0.2) is 12.1 Å². The Bertz CT molecular complexity index is 402. The molecule has 0 aliphatic heterocycles. The summed E-state index contributed by atoms with van der Waals surface area (Å²) in [6, 6.07) is 3.75. The minimum Gasteiger partial charge on any atom is -0.494 e. The van der Waals surface area contributed by atoms with Gasteiger partial charge in [0, 0.05) is 11.4 Å². The molecule has 4 heteroatoms. The lowest BCUT2D eigenvalue weighted by molar-refractivity contribution is -0.140. The van der Waals surface area contributed by atoms with Crippen molar-refractivity contribution in [2.24, 2.45) is 0 Å². The smallest absolute Gasteiger partial charge is 0.305 e. The Morgan fingerprint density at radius 3 is 2.71 bits per heavy atom. The maximum Gasteiger partial charge on any atom is 0.305 e. The molecule has 0 amide bonds. The van der Waals surface area contributed by atoms with E-state index in [1.807, 2.05) is 26.0 Å². The van der Waals surface area contributed by atoms with E-state index in [-0.39, 0.29) is 5.97 Å². The van der Waals surface area contributed by atoms with Gasteiger partial charge in [-0.2, -0.15) is 0 Å². The van der Waals surface area contributed by atoms with E-state index in [1.165, 1.54) is 7.11 Å². The van der Waals surface area contributed by atoms with Crippen molar-refractivity contribution in [1.82, 2.24) is 0 Å². The van der Waals surface area contributed by atoms with Crippen LogP contribution in [0.3, 0.4) is 0 Å². The van der Waals surface area contributed by atoms with Gasteiger partial charge in [-0.1, -0.05) is 11.6 Å². The van der Waals surface area contributed by atoms with Gasteiger partial charge in [-0.3, -0.25) is 4.79 Å². The minimum atomic E-state index is -0.232. The van der Waals surface area contributed by atoms with Crippen molar-refractivity contribution in [2.45, 2.75) is 26.7 Å². The van der Waals surface area contributed by atoms with Crippen LogP contribution >= 0.6 is 11.6 Å². The molecule has 1 aromatic carbocycles. The first-order valence-corrected chi connectivity index (χ1v) is 5.95. The first-order chi connectivity index (χ1) is 8.08. The second-order valence-corrected chi connectivity index (χ2v) is 4.13. The number of methoxy groups -OCH3 is 1. The zero-order chi connectivity index (χ0) is 12.8. The van der Waals surface area contributed by atoms with Crippen LogP contribution < -0.4 is 4.74 Å². The summed E-state index contributed by atoms with van der Waals surface area (Å²) in [6.07, 6.45) is 0.901. The van der Waals surface area contributed by atoms with Crippen molar-refractivity contribution in [2.75, 3.05) is 13.7 Å². The third-order valence-corrected chi connectivity index (χ3v) is 2.87. The van der Waals surface area contributed by atoms with E-state index in [1.54, 1.807) is 0 Å². The summed E-state index contributed by atoms with van der Waals surface area (Å²) >= 11 is 6.06. The first kappa shape index (κ1) is 13.8. The molecule has 0 bridgehead atoms. The maximum atomic E-state index is 11.1. The fourth-order valence-corrected chi connectivity index (χ4v) is 1.71. The van der Waals surface area contributed by atoms with Gasteiger partial charge in [0.25, 0.3) is 0 Å². The van der Waals surface area contributed by atoms with Crippen molar-refractivity contribution in [1.29, 1.82) is 0 Å². The van der Waals surface area contributed by atoms with Crippen LogP contribution in [0.1, 0.15) is 24.5 Å². The van der Waals surface area contributed by atoms with Gasteiger partial charge in [-0.05, 0) is 43.5 Å². The Kier molecular flexibility index (Phi) is 5.29. The molecule has 17 heavy (non-hydrogen) atoms. The highest BCUT2D eigenvalue weighted by atomic mass is 35.5. The van der Waals surface area contributed by atoms with Crippen LogP contribution in [0.5, 0.6) is 5.75 Å².